The normalized spacial score (nSPS) is 12.9. The molecule has 1 aromatic carbocycles. The van der Waals surface area contributed by atoms with E-state index < -0.39 is 11.2 Å². The minimum atomic E-state index is -0.830. The van der Waals surface area contributed by atoms with Crippen molar-refractivity contribution in [1.82, 2.24) is 0 Å². The number of hydrogen-bond acceptors (Lipinski definition) is 1. The van der Waals surface area contributed by atoms with E-state index in [1.54, 1.807) is 0 Å². The zero-order valence-electron chi connectivity index (χ0n) is 6.00. The van der Waals surface area contributed by atoms with Crippen molar-refractivity contribution in [2.24, 2.45) is 0 Å². The topological polar surface area (TPSA) is 23.1 Å². The minimum absolute atomic E-state index is 0.685. The first-order valence-electron chi connectivity index (χ1n) is 3.34. The van der Waals surface area contributed by atoms with E-state index in [1.807, 2.05) is 30.3 Å². The molecule has 0 aliphatic rings. The van der Waals surface area contributed by atoms with Crippen LogP contribution in [0.3, 0.4) is 0 Å². The summed E-state index contributed by atoms with van der Waals surface area (Å²) in [6.45, 7) is 0. The van der Waals surface area contributed by atoms with Crippen molar-refractivity contribution in [3.05, 3.63) is 30.3 Å². The predicted octanol–water partition coefficient (Wildman–Crippen LogP) is 2.19. The van der Waals surface area contributed by atoms with Gasteiger partial charge < -0.3 is 4.55 Å². The Balaban J connectivity index is 2.61. The summed E-state index contributed by atoms with van der Waals surface area (Å²) in [4.78, 5) is 0.909. The van der Waals surface area contributed by atoms with Gasteiger partial charge in [0.15, 0.2) is 4.90 Å². The van der Waals surface area contributed by atoms with Crippen molar-refractivity contribution in [2.45, 2.75) is 4.90 Å². The molecule has 0 N–H and O–H groups in total. The molecule has 0 aromatic heterocycles. The van der Waals surface area contributed by atoms with E-state index >= 15 is 0 Å². The average molecular weight is 233 g/mol. The molecule has 0 bridgehead atoms. The van der Waals surface area contributed by atoms with E-state index in [0.717, 1.165) is 10.2 Å². The first-order chi connectivity index (χ1) is 5.34. The van der Waals surface area contributed by atoms with Gasteiger partial charge in [-0.15, -0.1) is 0 Å². The minimum Gasteiger partial charge on any atom is -0.611 e. The highest BCUT2D eigenvalue weighted by atomic mass is 79.9. The Labute approximate surface area is 78.1 Å². The Bertz CT molecular complexity index is 203. The molecule has 11 heavy (non-hydrogen) atoms. The van der Waals surface area contributed by atoms with Crippen LogP contribution in [-0.2, 0) is 11.2 Å². The number of hydrogen-bond donors (Lipinski definition) is 0. The number of rotatable bonds is 3. The summed E-state index contributed by atoms with van der Waals surface area (Å²) in [6, 6.07) is 9.51. The largest absolute Gasteiger partial charge is 0.611 e. The van der Waals surface area contributed by atoms with E-state index in [4.69, 9.17) is 0 Å². The fraction of sp³-hybridized carbons (Fsp3) is 0.250. The van der Waals surface area contributed by atoms with Crippen LogP contribution >= 0.6 is 15.9 Å². The molecule has 0 fully saturated rings. The van der Waals surface area contributed by atoms with Crippen LogP contribution in [0.4, 0.5) is 0 Å². The Kier molecular flexibility index (Phi) is 3.97. The van der Waals surface area contributed by atoms with Gasteiger partial charge in [-0.25, -0.2) is 0 Å². The molecule has 1 aromatic rings. The molecule has 1 unspecified atom stereocenters. The van der Waals surface area contributed by atoms with Gasteiger partial charge in [-0.1, -0.05) is 34.1 Å². The number of benzene rings is 1. The molecule has 3 heteroatoms. The molecule has 1 nitrogen and oxygen atoms in total. The van der Waals surface area contributed by atoms with Crippen LogP contribution in [0, 0.1) is 0 Å². The molecular formula is C8H9BrOS. The van der Waals surface area contributed by atoms with Gasteiger partial charge in [0.1, 0.15) is 5.75 Å². The zero-order chi connectivity index (χ0) is 8.10. The Morgan fingerprint density at radius 1 is 1.27 bits per heavy atom. The monoisotopic (exact) mass is 232 g/mol. The fourth-order valence-corrected chi connectivity index (χ4v) is 2.48. The van der Waals surface area contributed by atoms with Crippen LogP contribution in [0.2, 0.25) is 0 Å². The highest BCUT2D eigenvalue weighted by molar-refractivity contribution is 9.09. The van der Waals surface area contributed by atoms with Gasteiger partial charge in [-0.3, -0.25) is 0 Å². The first kappa shape index (κ1) is 9.10. The van der Waals surface area contributed by atoms with Crippen LogP contribution in [-0.4, -0.2) is 15.6 Å². The summed E-state index contributed by atoms with van der Waals surface area (Å²) >= 11 is 2.42. The lowest BCUT2D eigenvalue weighted by Crippen LogP contribution is -2.07. The third-order valence-corrected chi connectivity index (χ3v) is 3.56. The van der Waals surface area contributed by atoms with E-state index in [1.165, 1.54) is 0 Å². The van der Waals surface area contributed by atoms with Crippen molar-refractivity contribution in [2.75, 3.05) is 11.1 Å². The van der Waals surface area contributed by atoms with Gasteiger partial charge in [0.2, 0.25) is 0 Å². The lowest BCUT2D eigenvalue weighted by Gasteiger charge is -2.07. The lowest BCUT2D eigenvalue weighted by atomic mass is 10.4. The molecule has 0 heterocycles. The Morgan fingerprint density at radius 2 is 1.91 bits per heavy atom. The molecular weight excluding hydrogens is 224 g/mol. The number of halogens is 1. The maximum Gasteiger partial charge on any atom is 0.152 e. The Hall–Kier alpha value is 0.0100. The fourth-order valence-electron chi connectivity index (χ4n) is 0.760. The SMILES string of the molecule is [O-][S+](CCBr)c1ccccc1. The van der Waals surface area contributed by atoms with Crippen molar-refractivity contribution in [1.29, 1.82) is 0 Å². The van der Waals surface area contributed by atoms with Gasteiger partial charge in [0.05, 0.1) is 0 Å². The summed E-state index contributed by atoms with van der Waals surface area (Å²) in [7, 11) is 0. The third kappa shape index (κ3) is 2.85. The summed E-state index contributed by atoms with van der Waals surface area (Å²) < 4.78 is 11.3. The van der Waals surface area contributed by atoms with E-state index in [0.29, 0.717) is 5.75 Å². The van der Waals surface area contributed by atoms with Gasteiger partial charge >= 0.3 is 0 Å². The molecule has 1 atom stereocenters. The third-order valence-electron chi connectivity index (χ3n) is 1.27. The van der Waals surface area contributed by atoms with E-state index in [2.05, 4.69) is 15.9 Å². The maximum atomic E-state index is 11.3. The molecule has 0 aliphatic heterocycles. The van der Waals surface area contributed by atoms with Crippen molar-refractivity contribution < 1.29 is 4.55 Å². The molecule has 0 aliphatic carbocycles. The van der Waals surface area contributed by atoms with Crippen LogP contribution in [0.25, 0.3) is 0 Å². The molecule has 0 saturated heterocycles. The van der Waals surface area contributed by atoms with E-state index in [-0.39, 0.29) is 0 Å². The first-order valence-corrected chi connectivity index (χ1v) is 5.78. The highest BCUT2D eigenvalue weighted by Gasteiger charge is 2.06. The van der Waals surface area contributed by atoms with Gasteiger partial charge in [0, 0.05) is 5.33 Å². The van der Waals surface area contributed by atoms with Gasteiger partial charge in [-0.05, 0) is 23.3 Å². The van der Waals surface area contributed by atoms with Crippen molar-refractivity contribution >= 4 is 27.1 Å². The van der Waals surface area contributed by atoms with Crippen LogP contribution in [0.15, 0.2) is 35.2 Å². The summed E-state index contributed by atoms with van der Waals surface area (Å²) in [6.07, 6.45) is 0. The average Bonchev–Trinajstić information content (AvgIpc) is 2.07. The standard InChI is InChI=1S/C8H9BrOS/c9-6-7-11(10)8-4-2-1-3-5-8/h1-5H,6-7H2. The second-order valence-corrected chi connectivity index (χ2v) is 4.42. The smallest absolute Gasteiger partial charge is 0.152 e. The molecule has 0 saturated carbocycles. The Morgan fingerprint density at radius 3 is 2.45 bits per heavy atom. The highest BCUT2D eigenvalue weighted by Crippen LogP contribution is 2.09. The van der Waals surface area contributed by atoms with Gasteiger partial charge in [-0.2, -0.15) is 0 Å². The predicted molar refractivity (Wildman–Crippen MR) is 51.5 cm³/mol. The number of alkyl halides is 1. The molecule has 1 rings (SSSR count). The molecule has 0 amide bonds. The van der Waals surface area contributed by atoms with Crippen LogP contribution < -0.4 is 0 Å². The molecule has 0 spiro atoms. The van der Waals surface area contributed by atoms with Crippen molar-refractivity contribution in [3.63, 3.8) is 0 Å². The zero-order valence-corrected chi connectivity index (χ0v) is 8.40. The van der Waals surface area contributed by atoms with Crippen LogP contribution in [0.5, 0.6) is 0 Å². The molecule has 60 valence electrons. The maximum absolute atomic E-state index is 11.3. The summed E-state index contributed by atoms with van der Waals surface area (Å²) in [5.41, 5.74) is 0. The lowest BCUT2D eigenvalue weighted by molar-refractivity contribution is 0.596. The quantitative estimate of drug-likeness (QED) is 0.579. The summed E-state index contributed by atoms with van der Waals surface area (Å²) in [5, 5.41) is 0.786. The second kappa shape index (κ2) is 4.80. The van der Waals surface area contributed by atoms with Gasteiger partial charge in [0.25, 0.3) is 0 Å². The van der Waals surface area contributed by atoms with Crippen LogP contribution in [0.1, 0.15) is 0 Å². The van der Waals surface area contributed by atoms with Crippen molar-refractivity contribution in [3.8, 4) is 0 Å². The second-order valence-electron chi connectivity index (χ2n) is 2.05. The molecule has 0 radical (unpaired) electrons. The van der Waals surface area contributed by atoms with E-state index in [9.17, 15) is 4.55 Å². The summed E-state index contributed by atoms with van der Waals surface area (Å²) in [5.74, 6) is 0.685.